The number of aldehydes is 1. The van der Waals surface area contributed by atoms with Gasteiger partial charge in [-0.15, -0.1) is 0 Å². The molecule has 0 spiro atoms. The smallest absolute Gasteiger partial charge is 0.153 e. The third-order valence-corrected chi connectivity index (χ3v) is 3.82. The second kappa shape index (κ2) is 5.49. The van der Waals surface area contributed by atoms with Crippen molar-refractivity contribution in [2.45, 2.75) is 19.3 Å². The molecule has 0 aliphatic carbocycles. The highest BCUT2D eigenvalue weighted by atomic mass is 16.5. The van der Waals surface area contributed by atoms with Crippen molar-refractivity contribution in [3.63, 3.8) is 0 Å². The maximum atomic E-state index is 11.4. The van der Waals surface area contributed by atoms with Crippen LogP contribution in [0.4, 0.5) is 5.82 Å². The van der Waals surface area contributed by atoms with E-state index in [1.165, 1.54) is 6.42 Å². The highest BCUT2D eigenvalue weighted by molar-refractivity contribution is 5.94. The zero-order chi connectivity index (χ0) is 13.9. The summed E-state index contributed by atoms with van der Waals surface area (Å²) in [5.41, 5.74) is 1.48. The number of para-hydroxylation sites is 1. The Labute approximate surface area is 118 Å². The highest BCUT2D eigenvalue weighted by Gasteiger charge is 2.17. The zero-order valence-corrected chi connectivity index (χ0v) is 11.6. The number of anilines is 1. The number of rotatable bonds is 3. The Balaban J connectivity index is 2.16. The summed E-state index contributed by atoms with van der Waals surface area (Å²) in [6.45, 7) is 1.93. The first-order chi connectivity index (χ1) is 9.83. The van der Waals surface area contributed by atoms with E-state index in [1.807, 2.05) is 24.3 Å². The Morgan fingerprint density at radius 3 is 2.75 bits per heavy atom. The molecule has 0 radical (unpaired) electrons. The molecule has 3 rings (SSSR count). The van der Waals surface area contributed by atoms with Gasteiger partial charge in [-0.05, 0) is 31.4 Å². The average Bonchev–Trinajstić information content (AvgIpc) is 2.53. The summed E-state index contributed by atoms with van der Waals surface area (Å²) < 4.78 is 5.37. The first-order valence-corrected chi connectivity index (χ1v) is 7.01. The Kier molecular flexibility index (Phi) is 3.54. The van der Waals surface area contributed by atoms with Crippen LogP contribution in [-0.2, 0) is 0 Å². The summed E-state index contributed by atoms with van der Waals surface area (Å²) in [7, 11) is 1.64. The number of hydrogen-bond acceptors (Lipinski definition) is 4. The number of nitrogens with zero attached hydrogens (tertiary/aromatic N) is 2. The minimum atomic E-state index is 0.660. The van der Waals surface area contributed by atoms with Gasteiger partial charge < -0.3 is 9.64 Å². The van der Waals surface area contributed by atoms with Crippen LogP contribution in [-0.4, -0.2) is 31.5 Å². The molecule has 0 atom stereocenters. The first-order valence-electron chi connectivity index (χ1n) is 7.01. The third kappa shape index (κ3) is 2.22. The van der Waals surface area contributed by atoms with Crippen LogP contribution in [0, 0.1) is 0 Å². The lowest BCUT2D eigenvalue weighted by atomic mass is 10.1. The van der Waals surface area contributed by atoms with E-state index in [0.29, 0.717) is 5.56 Å². The summed E-state index contributed by atoms with van der Waals surface area (Å²) >= 11 is 0. The number of carbonyl (C=O) groups is 1. The predicted octanol–water partition coefficient (Wildman–Crippen LogP) is 3.05. The fraction of sp³-hybridized carbons (Fsp3) is 0.375. The molecular weight excluding hydrogens is 252 g/mol. The number of aromatic nitrogens is 1. The van der Waals surface area contributed by atoms with Gasteiger partial charge in [-0.3, -0.25) is 4.79 Å². The molecule has 0 saturated carbocycles. The molecule has 0 amide bonds. The van der Waals surface area contributed by atoms with E-state index < -0.39 is 0 Å². The molecule has 1 aromatic heterocycles. The molecule has 1 aliphatic rings. The SMILES string of the molecule is COc1cccc2cc(C=O)c(N3CCCCC3)nc12. The summed E-state index contributed by atoms with van der Waals surface area (Å²) in [6.07, 6.45) is 4.47. The number of pyridine rings is 1. The van der Waals surface area contributed by atoms with Crippen LogP contribution < -0.4 is 9.64 Å². The maximum Gasteiger partial charge on any atom is 0.153 e. The van der Waals surface area contributed by atoms with E-state index in [0.717, 1.165) is 54.7 Å². The van der Waals surface area contributed by atoms with Crippen LogP contribution in [0.3, 0.4) is 0 Å². The molecule has 1 aromatic carbocycles. The number of fused-ring (bicyclic) bond motifs is 1. The van der Waals surface area contributed by atoms with Gasteiger partial charge in [-0.1, -0.05) is 12.1 Å². The normalized spacial score (nSPS) is 15.3. The standard InChI is InChI=1S/C16H18N2O2/c1-20-14-7-5-6-12-10-13(11-19)16(17-15(12)14)18-8-3-2-4-9-18/h5-7,10-11H,2-4,8-9H2,1H3. The zero-order valence-electron chi connectivity index (χ0n) is 11.6. The minimum Gasteiger partial charge on any atom is -0.494 e. The second-order valence-corrected chi connectivity index (χ2v) is 5.10. The summed E-state index contributed by atoms with van der Waals surface area (Å²) in [4.78, 5) is 18.3. The number of ether oxygens (including phenoxy) is 1. The van der Waals surface area contributed by atoms with E-state index in [1.54, 1.807) is 7.11 Å². The quantitative estimate of drug-likeness (QED) is 0.804. The number of carbonyl (C=O) groups excluding carboxylic acids is 1. The third-order valence-electron chi connectivity index (χ3n) is 3.82. The lowest BCUT2D eigenvalue weighted by molar-refractivity contribution is 0.112. The number of benzene rings is 1. The molecule has 0 N–H and O–H groups in total. The molecule has 104 valence electrons. The van der Waals surface area contributed by atoms with E-state index in [4.69, 9.17) is 9.72 Å². The van der Waals surface area contributed by atoms with Gasteiger partial charge in [0.1, 0.15) is 17.1 Å². The lowest BCUT2D eigenvalue weighted by Crippen LogP contribution is -2.31. The molecule has 0 bridgehead atoms. The molecule has 4 heteroatoms. The lowest BCUT2D eigenvalue weighted by Gasteiger charge is -2.29. The number of piperidine rings is 1. The topological polar surface area (TPSA) is 42.4 Å². The molecule has 1 fully saturated rings. The second-order valence-electron chi connectivity index (χ2n) is 5.10. The fourth-order valence-corrected chi connectivity index (χ4v) is 2.79. The molecule has 20 heavy (non-hydrogen) atoms. The van der Waals surface area contributed by atoms with Crippen molar-refractivity contribution in [3.05, 3.63) is 29.8 Å². The summed E-state index contributed by atoms with van der Waals surface area (Å²) in [5, 5.41) is 0.937. The first kappa shape index (κ1) is 12.9. The van der Waals surface area contributed by atoms with E-state index in [-0.39, 0.29) is 0 Å². The number of methoxy groups -OCH3 is 1. The maximum absolute atomic E-state index is 11.4. The van der Waals surface area contributed by atoms with Crippen molar-refractivity contribution in [2.75, 3.05) is 25.1 Å². The van der Waals surface area contributed by atoms with Crippen molar-refractivity contribution in [1.82, 2.24) is 4.98 Å². The van der Waals surface area contributed by atoms with Crippen LogP contribution in [0.25, 0.3) is 10.9 Å². The van der Waals surface area contributed by atoms with Gasteiger partial charge in [0.25, 0.3) is 0 Å². The molecule has 1 aliphatic heterocycles. The van der Waals surface area contributed by atoms with Gasteiger partial charge in [0.05, 0.1) is 12.7 Å². The Hall–Kier alpha value is -2.10. The van der Waals surface area contributed by atoms with Gasteiger partial charge in [-0.2, -0.15) is 0 Å². The largest absolute Gasteiger partial charge is 0.494 e. The molecule has 1 saturated heterocycles. The Morgan fingerprint density at radius 1 is 1.25 bits per heavy atom. The van der Waals surface area contributed by atoms with Crippen LogP contribution in [0.5, 0.6) is 5.75 Å². The average molecular weight is 270 g/mol. The molecule has 2 aromatic rings. The van der Waals surface area contributed by atoms with Gasteiger partial charge >= 0.3 is 0 Å². The van der Waals surface area contributed by atoms with Crippen molar-refractivity contribution in [2.24, 2.45) is 0 Å². The molecule has 2 heterocycles. The minimum absolute atomic E-state index is 0.660. The van der Waals surface area contributed by atoms with Crippen molar-refractivity contribution in [1.29, 1.82) is 0 Å². The van der Waals surface area contributed by atoms with Gasteiger partial charge in [0.15, 0.2) is 6.29 Å². The number of hydrogen-bond donors (Lipinski definition) is 0. The summed E-state index contributed by atoms with van der Waals surface area (Å²) in [6, 6.07) is 7.67. The highest BCUT2D eigenvalue weighted by Crippen LogP contribution is 2.29. The monoisotopic (exact) mass is 270 g/mol. The van der Waals surface area contributed by atoms with E-state index in [9.17, 15) is 4.79 Å². The van der Waals surface area contributed by atoms with E-state index in [2.05, 4.69) is 4.90 Å². The fourth-order valence-electron chi connectivity index (χ4n) is 2.79. The Morgan fingerprint density at radius 2 is 2.05 bits per heavy atom. The van der Waals surface area contributed by atoms with Crippen LogP contribution in [0.15, 0.2) is 24.3 Å². The van der Waals surface area contributed by atoms with Gasteiger partial charge in [0.2, 0.25) is 0 Å². The van der Waals surface area contributed by atoms with Crippen LogP contribution in [0.1, 0.15) is 29.6 Å². The van der Waals surface area contributed by atoms with Crippen molar-refractivity contribution in [3.8, 4) is 5.75 Å². The van der Waals surface area contributed by atoms with Crippen LogP contribution in [0.2, 0.25) is 0 Å². The van der Waals surface area contributed by atoms with E-state index >= 15 is 0 Å². The predicted molar refractivity (Wildman–Crippen MR) is 79.7 cm³/mol. The van der Waals surface area contributed by atoms with Crippen molar-refractivity contribution >= 4 is 23.0 Å². The molecule has 0 unspecified atom stereocenters. The van der Waals surface area contributed by atoms with Crippen LogP contribution >= 0.6 is 0 Å². The molecule has 4 nitrogen and oxygen atoms in total. The summed E-state index contributed by atoms with van der Waals surface area (Å²) in [5.74, 6) is 1.54. The van der Waals surface area contributed by atoms with Crippen molar-refractivity contribution < 1.29 is 9.53 Å². The van der Waals surface area contributed by atoms with Gasteiger partial charge in [-0.25, -0.2) is 4.98 Å². The Bertz CT molecular complexity index is 634. The van der Waals surface area contributed by atoms with Gasteiger partial charge in [0, 0.05) is 18.5 Å². The molecular formula is C16H18N2O2.